The van der Waals surface area contributed by atoms with E-state index in [2.05, 4.69) is 17.1 Å². The molecule has 1 saturated carbocycles. The Hall–Kier alpha value is -0.650. The lowest BCUT2D eigenvalue weighted by molar-refractivity contribution is -0.128. The van der Waals surface area contributed by atoms with Crippen LogP contribution in [0.3, 0.4) is 0 Å². The minimum absolute atomic E-state index is 0.0168. The van der Waals surface area contributed by atoms with Crippen molar-refractivity contribution in [2.45, 2.75) is 57.2 Å². The van der Waals surface area contributed by atoms with Gasteiger partial charge in [-0.1, -0.05) is 6.92 Å². The molecule has 0 aromatic heterocycles. The van der Waals surface area contributed by atoms with Crippen molar-refractivity contribution in [1.82, 2.24) is 10.2 Å². The third kappa shape index (κ3) is 3.58. The second-order valence-corrected chi connectivity index (χ2v) is 7.18. The summed E-state index contributed by atoms with van der Waals surface area (Å²) < 4.78 is 5.89. The van der Waals surface area contributed by atoms with Crippen molar-refractivity contribution in [3.63, 3.8) is 0 Å². The van der Waals surface area contributed by atoms with Gasteiger partial charge in [0.05, 0.1) is 18.6 Å². The molecule has 1 amide bonds. The molecule has 2 saturated heterocycles. The molecule has 120 valence electrons. The average molecular weight is 295 g/mol. The molecule has 0 spiro atoms. The Labute approximate surface area is 127 Å². The maximum Gasteiger partial charge on any atom is 0.224 e. The monoisotopic (exact) mass is 295 g/mol. The fourth-order valence-corrected chi connectivity index (χ4v) is 4.06. The van der Waals surface area contributed by atoms with Gasteiger partial charge in [-0.3, -0.25) is 9.69 Å². The Morgan fingerprint density at radius 1 is 1.38 bits per heavy atom. The summed E-state index contributed by atoms with van der Waals surface area (Å²) in [5, 5.41) is 3.08. The summed E-state index contributed by atoms with van der Waals surface area (Å²) in [5.74, 6) is 0.718. The molecular formula is C16H29N3O2. The Morgan fingerprint density at radius 3 is 3.10 bits per heavy atom. The van der Waals surface area contributed by atoms with Crippen LogP contribution in [-0.2, 0) is 9.53 Å². The molecule has 3 rings (SSSR count). The number of fused-ring (bicyclic) bond motifs is 1. The zero-order valence-electron chi connectivity index (χ0n) is 13.1. The van der Waals surface area contributed by atoms with Crippen molar-refractivity contribution in [3.05, 3.63) is 0 Å². The fourth-order valence-electron chi connectivity index (χ4n) is 4.06. The molecular weight excluding hydrogens is 266 g/mol. The number of nitrogens with one attached hydrogen (secondary N) is 1. The quantitative estimate of drug-likeness (QED) is 0.805. The molecule has 5 atom stereocenters. The van der Waals surface area contributed by atoms with Gasteiger partial charge < -0.3 is 15.8 Å². The van der Waals surface area contributed by atoms with E-state index in [-0.39, 0.29) is 24.0 Å². The molecule has 5 heteroatoms. The van der Waals surface area contributed by atoms with Crippen molar-refractivity contribution >= 4 is 5.91 Å². The predicted molar refractivity (Wildman–Crippen MR) is 81.8 cm³/mol. The highest BCUT2D eigenvalue weighted by atomic mass is 16.5. The zero-order valence-corrected chi connectivity index (χ0v) is 13.1. The van der Waals surface area contributed by atoms with Crippen LogP contribution in [-0.4, -0.2) is 55.2 Å². The molecule has 2 heterocycles. The lowest BCUT2D eigenvalue weighted by Crippen LogP contribution is -2.52. The topological polar surface area (TPSA) is 67.6 Å². The van der Waals surface area contributed by atoms with Crippen LogP contribution < -0.4 is 11.1 Å². The van der Waals surface area contributed by atoms with Crippen LogP contribution in [0.1, 0.15) is 39.0 Å². The van der Waals surface area contributed by atoms with Gasteiger partial charge in [-0.25, -0.2) is 0 Å². The Morgan fingerprint density at radius 2 is 2.24 bits per heavy atom. The van der Waals surface area contributed by atoms with E-state index in [0.717, 1.165) is 32.4 Å². The maximum absolute atomic E-state index is 12.4. The standard InChI is InChI=1S/C16H29N3O2/c1-11-4-5-15(17)14(7-11)16(20)18-8-13-9-19-6-2-3-12(19)10-21-13/h11-15H,2-10,17H2,1H3,(H,18,20). The van der Waals surface area contributed by atoms with Crippen LogP contribution >= 0.6 is 0 Å². The fraction of sp³-hybridized carbons (Fsp3) is 0.938. The Kier molecular flexibility index (Phi) is 4.82. The van der Waals surface area contributed by atoms with Gasteiger partial charge in [0.1, 0.15) is 0 Å². The van der Waals surface area contributed by atoms with Crippen LogP contribution in [0.2, 0.25) is 0 Å². The third-order valence-electron chi connectivity index (χ3n) is 5.47. The molecule has 0 radical (unpaired) electrons. The molecule has 3 N–H and O–H groups in total. The highest BCUT2D eigenvalue weighted by Crippen LogP contribution is 2.28. The van der Waals surface area contributed by atoms with Gasteiger partial charge in [0.2, 0.25) is 5.91 Å². The minimum atomic E-state index is -0.0168. The number of carbonyl (C=O) groups is 1. The molecule has 1 aliphatic carbocycles. The number of morpholine rings is 1. The summed E-state index contributed by atoms with van der Waals surface area (Å²) in [6.45, 7) is 5.80. The number of hydrogen-bond acceptors (Lipinski definition) is 4. The molecule has 21 heavy (non-hydrogen) atoms. The molecule has 5 nitrogen and oxygen atoms in total. The van der Waals surface area contributed by atoms with Gasteiger partial charge in [-0.2, -0.15) is 0 Å². The van der Waals surface area contributed by atoms with Crippen LogP contribution in [0.5, 0.6) is 0 Å². The first kappa shape index (κ1) is 15.3. The molecule has 3 fully saturated rings. The van der Waals surface area contributed by atoms with Crippen molar-refractivity contribution < 1.29 is 9.53 Å². The summed E-state index contributed by atoms with van der Waals surface area (Å²) in [7, 11) is 0. The van der Waals surface area contributed by atoms with Crippen molar-refractivity contribution in [2.75, 3.05) is 26.2 Å². The number of rotatable bonds is 3. The Balaban J connectivity index is 1.45. The van der Waals surface area contributed by atoms with Crippen LogP contribution in [0.4, 0.5) is 0 Å². The number of ether oxygens (including phenoxy) is 1. The van der Waals surface area contributed by atoms with E-state index in [4.69, 9.17) is 10.5 Å². The van der Waals surface area contributed by atoms with Crippen LogP contribution in [0.25, 0.3) is 0 Å². The van der Waals surface area contributed by atoms with Gasteiger partial charge >= 0.3 is 0 Å². The first-order valence-electron chi connectivity index (χ1n) is 8.52. The SMILES string of the molecule is CC1CCC(N)C(C(=O)NCC2CN3CCCC3CO2)C1. The normalized spacial score (nSPS) is 40.8. The van der Waals surface area contributed by atoms with Gasteiger partial charge in [0.25, 0.3) is 0 Å². The third-order valence-corrected chi connectivity index (χ3v) is 5.47. The first-order valence-corrected chi connectivity index (χ1v) is 8.52. The van der Waals surface area contributed by atoms with E-state index in [1.165, 1.54) is 19.4 Å². The lowest BCUT2D eigenvalue weighted by atomic mass is 9.79. The van der Waals surface area contributed by atoms with Gasteiger partial charge in [-0.15, -0.1) is 0 Å². The largest absolute Gasteiger partial charge is 0.373 e. The minimum Gasteiger partial charge on any atom is -0.373 e. The second kappa shape index (κ2) is 6.63. The van der Waals surface area contributed by atoms with Gasteiger partial charge in [-0.05, 0) is 44.6 Å². The summed E-state index contributed by atoms with van der Waals surface area (Å²) >= 11 is 0. The molecule has 2 aliphatic heterocycles. The van der Waals surface area contributed by atoms with Crippen molar-refractivity contribution in [2.24, 2.45) is 17.6 Å². The average Bonchev–Trinajstić information content (AvgIpc) is 2.94. The van der Waals surface area contributed by atoms with Gasteiger partial charge in [0, 0.05) is 25.2 Å². The molecule has 0 bridgehead atoms. The van der Waals surface area contributed by atoms with E-state index >= 15 is 0 Å². The second-order valence-electron chi connectivity index (χ2n) is 7.18. The predicted octanol–water partition coefficient (Wildman–Crippen LogP) is 0.729. The van der Waals surface area contributed by atoms with E-state index in [0.29, 0.717) is 18.5 Å². The molecule has 0 aromatic rings. The number of nitrogens with zero attached hydrogens (tertiary/aromatic N) is 1. The van der Waals surface area contributed by atoms with Gasteiger partial charge in [0.15, 0.2) is 0 Å². The Bertz CT molecular complexity index is 377. The number of hydrogen-bond donors (Lipinski definition) is 2. The van der Waals surface area contributed by atoms with E-state index in [1.54, 1.807) is 0 Å². The summed E-state index contributed by atoms with van der Waals surface area (Å²) in [5.41, 5.74) is 6.12. The maximum atomic E-state index is 12.4. The van der Waals surface area contributed by atoms with Crippen molar-refractivity contribution in [3.8, 4) is 0 Å². The smallest absolute Gasteiger partial charge is 0.224 e. The molecule has 3 aliphatic rings. The molecule has 5 unspecified atom stereocenters. The first-order chi connectivity index (χ1) is 10.1. The highest BCUT2D eigenvalue weighted by molar-refractivity contribution is 5.79. The summed E-state index contributed by atoms with van der Waals surface area (Å²) in [4.78, 5) is 14.9. The molecule has 0 aromatic carbocycles. The van der Waals surface area contributed by atoms with E-state index < -0.39 is 0 Å². The van der Waals surface area contributed by atoms with Crippen LogP contribution in [0, 0.1) is 11.8 Å². The van der Waals surface area contributed by atoms with Crippen LogP contribution in [0.15, 0.2) is 0 Å². The summed E-state index contributed by atoms with van der Waals surface area (Å²) in [6, 6.07) is 0.640. The van der Waals surface area contributed by atoms with E-state index in [1.807, 2.05) is 0 Å². The van der Waals surface area contributed by atoms with Crippen molar-refractivity contribution in [1.29, 1.82) is 0 Å². The number of nitrogens with two attached hydrogens (primary N) is 1. The number of amides is 1. The lowest BCUT2D eigenvalue weighted by Gasteiger charge is -2.36. The van der Waals surface area contributed by atoms with E-state index in [9.17, 15) is 4.79 Å². The number of carbonyl (C=O) groups excluding carboxylic acids is 1. The highest BCUT2D eigenvalue weighted by Gasteiger charge is 2.34. The summed E-state index contributed by atoms with van der Waals surface area (Å²) in [6.07, 6.45) is 5.71. The zero-order chi connectivity index (χ0) is 14.8.